The van der Waals surface area contributed by atoms with Crippen molar-refractivity contribution in [1.29, 1.82) is 5.26 Å². The van der Waals surface area contributed by atoms with Crippen molar-refractivity contribution < 1.29 is 15.0 Å². The van der Waals surface area contributed by atoms with Crippen LogP contribution in [0.1, 0.15) is 21.5 Å². The van der Waals surface area contributed by atoms with Crippen LogP contribution in [0.3, 0.4) is 0 Å². The minimum absolute atomic E-state index is 0.268. The van der Waals surface area contributed by atoms with Crippen molar-refractivity contribution in [3.8, 4) is 22.9 Å². The van der Waals surface area contributed by atoms with Crippen LogP contribution in [0, 0.1) is 11.3 Å². The first kappa shape index (κ1) is 17.0. The first-order chi connectivity index (χ1) is 12.5. The minimum Gasteiger partial charge on any atom is -0.503 e. The molecule has 0 fully saturated rings. The molecule has 0 aliphatic carbocycles. The Balaban J connectivity index is 2.03. The standard InChI is InChI=1S/C20H14N2O4/c21-9-13-5-7-14(8-6-13)16-4-2-1-3-15(16)10-22-11-17(20(25)26)19(24)18(23)12-22/h1-8,11-12,23H,10H2,(H,25,26). The number of aromatic nitrogens is 1. The Kier molecular flexibility index (Phi) is 4.54. The Morgan fingerprint density at radius 2 is 1.77 bits per heavy atom. The van der Waals surface area contributed by atoms with Crippen LogP contribution >= 0.6 is 0 Å². The quantitative estimate of drug-likeness (QED) is 0.756. The number of hydrogen-bond donors (Lipinski definition) is 2. The van der Waals surface area contributed by atoms with Crippen molar-refractivity contribution >= 4 is 5.97 Å². The molecular weight excluding hydrogens is 332 g/mol. The van der Waals surface area contributed by atoms with Gasteiger partial charge in [0.1, 0.15) is 5.56 Å². The lowest BCUT2D eigenvalue weighted by atomic mass is 9.98. The first-order valence-corrected chi connectivity index (χ1v) is 7.74. The van der Waals surface area contributed by atoms with E-state index in [1.807, 2.05) is 36.4 Å². The second-order valence-electron chi connectivity index (χ2n) is 5.71. The molecule has 0 radical (unpaired) electrons. The van der Waals surface area contributed by atoms with Gasteiger partial charge in [-0.1, -0.05) is 36.4 Å². The van der Waals surface area contributed by atoms with Crippen LogP contribution in [0.4, 0.5) is 0 Å². The summed E-state index contributed by atoms with van der Waals surface area (Å²) in [6.07, 6.45) is 2.42. The van der Waals surface area contributed by atoms with E-state index < -0.39 is 22.7 Å². The van der Waals surface area contributed by atoms with Crippen LogP contribution in [-0.4, -0.2) is 20.7 Å². The molecule has 26 heavy (non-hydrogen) atoms. The lowest BCUT2D eigenvalue weighted by Gasteiger charge is -2.13. The summed E-state index contributed by atoms with van der Waals surface area (Å²) in [5, 5.41) is 27.8. The number of carboxylic acids is 1. The largest absolute Gasteiger partial charge is 0.503 e. The van der Waals surface area contributed by atoms with Crippen LogP contribution in [0.5, 0.6) is 5.75 Å². The average Bonchev–Trinajstić information content (AvgIpc) is 2.65. The molecule has 0 amide bonds. The fourth-order valence-electron chi connectivity index (χ4n) is 2.72. The third kappa shape index (κ3) is 3.32. The molecule has 6 heteroatoms. The van der Waals surface area contributed by atoms with E-state index in [4.69, 9.17) is 10.4 Å². The molecule has 6 nitrogen and oxygen atoms in total. The van der Waals surface area contributed by atoms with E-state index in [9.17, 15) is 14.7 Å². The molecule has 0 saturated carbocycles. The maximum Gasteiger partial charge on any atom is 0.341 e. The lowest BCUT2D eigenvalue weighted by molar-refractivity contribution is 0.0694. The molecule has 1 heterocycles. The summed E-state index contributed by atoms with van der Waals surface area (Å²) in [5.74, 6) is -2.00. The number of aromatic carboxylic acids is 1. The minimum atomic E-state index is -1.39. The molecule has 0 atom stereocenters. The van der Waals surface area contributed by atoms with Gasteiger partial charge in [0, 0.05) is 12.7 Å². The number of carbonyl (C=O) groups is 1. The number of aromatic hydroxyl groups is 1. The van der Waals surface area contributed by atoms with Gasteiger partial charge >= 0.3 is 5.97 Å². The van der Waals surface area contributed by atoms with E-state index in [2.05, 4.69) is 6.07 Å². The number of pyridine rings is 1. The van der Waals surface area contributed by atoms with Crippen molar-refractivity contribution in [2.75, 3.05) is 0 Å². The van der Waals surface area contributed by atoms with Gasteiger partial charge in [0.15, 0.2) is 5.75 Å². The molecule has 0 aliphatic rings. The third-order valence-corrected chi connectivity index (χ3v) is 3.99. The van der Waals surface area contributed by atoms with Gasteiger partial charge in [-0.15, -0.1) is 0 Å². The van der Waals surface area contributed by atoms with Gasteiger partial charge in [-0.25, -0.2) is 4.79 Å². The maximum absolute atomic E-state index is 11.7. The molecule has 1 aromatic heterocycles. The van der Waals surface area contributed by atoms with E-state index in [1.54, 1.807) is 12.1 Å². The number of carboxylic acid groups (broad SMARTS) is 1. The van der Waals surface area contributed by atoms with Gasteiger partial charge in [-0.3, -0.25) is 4.79 Å². The van der Waals surface area contributed by atoms with E-state index in [-0.39, 0.29) is 6.54 Å². The summed E-state index contributed by atoms with van der Waals surface area (Å²) in [4.78, 5) is 22.9. The molecule has 128 valence electrons. The highest BCUT2D eigenvalue weighted by molar-refractivity contribution is 5.87. The van der Waals surface area contributed by atoms with E-state index in [0.717, 1.165) is 16.7 Å². The molecule has 0 unspecified atom stereocenters. The summed E-state index contributed by atoms with van der Waals surface area (Å²) in [7, 11) is 0. The number of nitrogens with zero attached hydrogens (tertiary/aromatic N) is 2. The Labute approximate surface area is 148 Å². The predicted octanol–water partition coefficient (Wildman–Crippen LogP) is 2.84. The Morgan fingerprint density at radius 3 is 2.42 bits per heavy atom. The number of benzene rings is 2. The smallest absolute Gasteiger partial charge is 0.341 e. The van der Waals surface area contributed by atoms with E-state index in [1.165, 1.54) is 17.0 Å². The van der Waals surface area contributed by atoms with Crippen molar-refractivity contribution in [1.82, 2.24) is 4.57 Å². The number of rotatable bonds is 4. The molecule has 2 N–H and O–H groups in total. The zero-order valence-electron chi connectivity index (χ0n) is 13.6. The van der Waals surface area contributed by atoms with Gasteiger partial charge in [-0.2, -0.15) is 5.26 Å². The van der Waals surface area contributed by atoms with Crippen LogP contribution in [0.2, 0.25) is 0 Å². The molecule has 0 bridgehead atoms. The van der Waals surface area contributed by atoms with Crippen molar-refractivity contribution in [2.24, 2.45) is 0 Å². The summed E-state index contributed by atoms with van der Waals surface area (Å²) in [6.45, 7) is 0.268. The third-order valence-electron chi connectivity index (χ3n) is 3.99. The van der Waals surface area contributed by atoms with Crippen molar-refractivity contribution in [3.63, 3.8) is 0 Å². The predicted molar refractivity (Wildman–Crippen MR) is 95.0 cm³/mol. The van der Waals surface area contributed by atoms with Gasteiger partial charge in [0.2, 0.25) is 5.43 Å². The average molecular weight is 346 g/mol. The van der Waals surface area contributed by atoms with Crippen LogP contribution in [0.15, 0.2) is 65.7 Å². The molecule has 3 rings (SSSR count). The Bertz CT molecular complexity index is 1080. The first-order valence-electron chi connectivity index (χ1n) is 7.74. The zero-order valence-corrected chi connectivity index (χ0v) is 13.6. The van der Waals surface area contributed by atoms with Gasteiger partial charge in [0.05, 0.1) is 17.8 Å². The van der Waals surface area contributed by atoms with Crippen LogP contribution in [0.25, 0.3) is 11.1 Å². The highest BCUT2D eigenvalue weighted by Gasteiger charge is 2.14. The lowest BCUT2D eigenvalue weighted by Crippen LogP contribution is -2.17. The Hall–Kier alpha value is -3.85. The highest BCUT2D eigenvalue weighted by Crippen LogP contribution is 2.25. The van der Waals surface area contributed by atoms with Crippen molar-refractivity contribution in [2.45, 2.75) is 6.54 Å². The van der Waals surface area contributed by atoms with Crippen LogP contribution in [-0.2, 0) is 6.54 Å². The van der Waals surface area contributed by atoms with E-state index >= 15 is 0 Å². The molecule has 0 saturated heterocycles. The molecule has 2 aromatic carbocycles. The zero-order chi connectivity index (χ0) is 18.7. The maximum atomic E-state index is 11.7. The topological polar surface area (TPSA) is 103 Å². The molecule has 3 aromatic rings. The Morgan fingerprint density at radius 1 is 1.08 bits per heavy atom. The summed E-state index contributed by atoms with van der Waals surface area (Å²) in [6, 6.07) is 16.7. The summed E-state index contributed by atoms with van der Waals surface area (Å²) < 4.78 is 1.46. The highest BCUT2D eigenvalue weighted by atomic mass is 16.4. The van der Waals surface area contributed by atoms with Gasteiger partial charge in [-0.05, 0) is 28.8 Å². The SMILES string of the molecule is N#Cc1ccc(-c2ccccc2Cn2cc(O)c(=O)c(C(=O)O)c2)cc1. The second kappa shape index (κ2) is 6.95. The summed E-state index contributed by atoms with van der Waals surface area (Å²) >= 11 is 0. The van der Waals surface area contributed by atoms with Gasteiger partial charge < -0.3 is 14.8 Å². The molecule has 0 aliphatic heterocycles. The molecular formula is C20H14N2O4. The van der Waals surface area contributed by atoms with Gasteiger partial charge in [0.25, 0.3) is 0 Å². The second-order valence-corrected chi connectivity index (χ2v) is 5.71. The summed E-state index contributed by atoms with van der Waals surface area (Å²) in [5.41, 5.74) is 1.85. The fourth-order valence-corrected chi connectivity index (χ4v) is 2.72. The fraction of sp³-hybridized carbons (Fsp3) is 0.0500. The molecule has 0 spiro atoms. The number of hydrogen-bond acceptors (Lipinski definition) is 4. The van der Waals surface area contributed by atoms with Crippen LogP contribution < -0.4 is 5.43 Å². The monoisotopic (exact) mass is 346 g/mol. The van der Waals surface area contributed by atoms with E-state index in [0.29, 0.717) is 5.56 Å². The number of nitriles is 1. The normalized spacial score (nSPS) is 10.3. The van der Waals surface area contributed by atoms with Crippen molar-refractivity contribution in [3.05, 3.63) is 87.8 Å².